The molecule has 1 unspecified atom stereocenters. The van der Waals surface area contributed by atoms with E-state index < -0.39 is 23.6 Å². The second-order valence-corrected chi connectivity index (χ2v) is 8.71. The van der Waals surface area contributed by atoms with Gasteiger partial charge in [0.2, 0.25) is 0 Å². The quantitative estimate of drug-likeness (QED) is 0.286. The van der Waals surface area contributed by atoms with Crippen molar-refractivity contribution in [2.24, 2.45) is 0 Å². The second-order valence-electron chi connectivity index (χ2n) is 8.71. The van der Waals surface area contributed by atoms with Crippen LogP contribution < -0.4 is 21.7 Å². The lowest BCUT2D eigenvalue weighted by molar-refractivity contribution is -0.137. The predicted octanol–water partition coefficient (Wildman–Crippen LogP) is 4.31. The fourth-order valence-corrected chi connectivity index (χ4v) is 4.32. The molecule has 2 aromatic heterocycles. The predicted molar refractivity (Wildman–Crippen MR) is 133 cm³/mol. The van der Waals surface area contributed by atoms with Gasteiger partial charge in [0.25, 0.3) is 0 Å². The van der Waals surface area contributed by atoms with E-state index in [1.807, 2.05) is 6.07 Å². The van der Waals surface area contributed by atoms with Crippen LogP contribution in [-0.4, -0.2) is 46.4 Å². The van der Waals surface area contributed by atoms with Gasteiger partial charge >= 0.3 is 12.2 Å². The number of ether oxygens (including phenoxy) is 1. The Morgan fingerprint density at radius 3 is 2.76 bits per heavy atom. The highest BCUT2D eigenvalue weighted by atomic mass is 19.4. The van der Waals surface area contributed by atoms with Crippen molar-refractivity contribution in [2.45, 2.75) is 18.7 Å². The molecule has 2 aromatic carbocycles. The summed E-state index contributed by atoms with van der Waals surface area (Å²) in [6.07, 6.45) is -2.74. The Kier molecular flexibility index (Phi) is 6.87. The molecular weight excluding hydrogens is 506 g/mol. The third-order valence-electron chi connectivity index (χ3n) is 6.07. The fraction of sp³-hybridized carbons (Fsp3) is 0.240. The molecule has 5 N–H and O–H groups in total. The first-order valence-electron chi connectivity index (χ1n) is 11.7. The van der Waals surface area contributed by atoms with Gasteiger partial charge in [-0.05, 0) is 42.0 Å². The summed E-state index contributed by atoms with van der Waals surface area (Å²) in [6, 6.07) is 9.25. The smallest absolute Gasteiger partial charge is 0.382 e. The number of nitrogen functional groups attached to an aromatic ring is 1. The number of nitrogens with one attached hydrogen (secondary N) is 3. The van der Waals surface area contributed by atoms with E-state index in [0.717, 1.165) is 30.4 Å². The number of nitrogens with two attached hydrogens (primary N) is 1. The minimum absolute atomic E-state index is 0.0652. The second kappa shape index (κ2) is 10.3. The van der Waals surface area contributed by atoms with Gasteiger partial charge in [-0.1, -0.05) is 12.1 Å². The van der Waals surface area contributed by atoms with Crippen LogP contribution in [0, 0.1) is 5.82 Å². The molecule has 5 rings (SSSR count). The molecule has 38 heavy (non-hydrogen) atoms. The van der Waals surface area contributed by atoms with Gasteiger partial charge in [-0.3, -0.25) is 0 Å². The van der Waals surface area contributed by atoms with Gasteiger partial charge < -0.3 is 26.4 Å². The molecule has 0 bridgehead atoms. The molecule has 1 aliphatic rings. The number of rotatable bonds is 5. The topological polar surface area (TPSA) is 119 Å². The minimum atomic E-state index is -4.56. The number of nitrogens with zero attached hydrogens (tertiary/aromatic N) is 3. The number of urea groups is 1. The molecular formula is C25H23F4N7O2. The lowest BCUT2D eigenvalue weighted by Crippen LogP contribution is -2.39. The monoisotopic (exact) mass is 529 g/mol. The summed E-state index contributed by atoms with van der Waals surface area (Å²) in [4.78, 5) is 16.4. The van der Waals surface area contributed by atoms with Crippen molar-refractivity contribution < 1.29 is 27.1 Å². The molecule has 198 valence electrons. The molecule has 1 aliphatic heterocycles. The van der Waals surface area contributed by atoms with E-state index in [1.165, 1.54) is 24.5 Å². The number of hydrogen-bond acceptors (Lipinski definition) is 6. The summed E-state index contributed by atoms with van der Waals surface area (Å²) in [5.41, 5.74) is 7.36. The van der Waals surface area contributed by atoms with Gasteiger partial charge in [0.05, 0.1) is 24.0 Å². The number of fused-ring (bicyclic) bond motifs is 1. The van der Waals surface area contributed by atoms with Crippen molar-refractivity contribution in [2.75, 3.05) is 36.1 Å². The molecule has 9 nitrogen and oxygen atoms in total. The Morgan fingerprint density at radius 1 is 1.18 bits per heavy atom. The number of halogens is 4. The van der Waals surface area contributed by atoms with Gasteiger partial charge in [0.1, 0.15) is 17.7 Å². The number of amides is 2. The number of morpholine rings is 1. The molecule has 1 atom stereocenters. The van der Waals surface area contributed by atoms with Gasteiger partial charge in [0.15, 0.2) is 5.82 Å². The molecule has 13 heteroatoms. The summed E-state index contributed by atoms with van der Waals surface area (Å²) < 4.78 is 61.3. The van der Waals surface area contributed by atoms with E-state index in [0.29, 0.717) is 36.2 Å². The molecule has 0 aliphatic carbocycles. The zero-order valence-electron chi connectivity index (χ0n) is 19.8. The molecule has 1 saturated heterocycles. The van der Waals surface area contributed by atoms with Crippen molar-refractivity contribution in [3.8, 4) is 11.1 Å². The molecule has 0 spiro atoms. The molecule has 0 saturated carbocycles. The van der Waals surface area contributed by atoms with Crippen LogP contribution in [0.25, 0.3) is 16.6 Å². The van der Waals surface area contributed by atoms with Crippen LogP contribution in [0.4, 0.5) is 39.5 Å². The summed E-state index contributed by atoms with van der Waals surface area (Å²) in [5, 5.41) is 12.2. The molecule has 3 heterocycles. The third-order valence-corrected chi connectivity index (χ3v) is 6.07. The summed E-state index contributed by atoms with van der Waals surface area (Å²) in [7, 11) is 0. The zero-order chi connectivity index (χ0) is 26.9. The Morgan fingerprint density at radius 2 is 2.03 bits per heavy atom. The molecule has 0 radical (unpaired) electrons. The van der Waals surface area contributed by atoms with E-state index in [2.05, 4.69) is 26.0 Å². The Balaban J connectivity index is 1.37. The lowest BCUT2D eigenvalue weighted by Gasteiger charge is -2.23. The van der Waals surface area contributed by atoms with Crippen LogP contribution in [0.15, 0.2) is 54.9 Å². The first-order chi connectivity index (χ1) is 18.2. The van der Waals surface area contributed by atoms with E-state index in [1.54, 1.807) is 10.6 Å². The van der Waals surface area contributed by atoms with Crippen molar-refractivity contribution in [3.63, 3.8) is 0 Å². The zero-order valence-corrected chi connectivity index (χ0v) is 19.8. The van der Waals surface area contributed by atoms with Crippen molar-refractivity contribution >= 4 is 28.7 Å². The standard InChI is InChI=1S/C25H23F4N7O2/c26-20-8-14(4-5-21(20)35-24(37)34-16-3-1-2-15(9-16)25(27,28)29)19-11-17(10-18-12-31-6-7-38-18)36-22(19)23(30)32-13-33-36/h1-5,8-9,11,13,18,31H,6-7,10,12H2,(H2,30,32,33)(H2,34,35,37). The van der Waals surface area contributed by atoms with Gasteiger partial charge in [-0.15, -0.1) is 0 Å². The van der Waals surface area contributed by atoms with Crippen LogP contribution in [0.1, 0.15) is 11.3 Å². The fourth-order valence-electron chi connectivity index (χ4n) is 4.32. The average Bonchev–Trinajstić information content (AvgIpc) is 3.25. The van der Waals surface area contributed by atoms with Crippen molar-refractivity contribution in [1.29, 1.82) is 0 Å². The van der Waals surface area contributed by atoms with Gasteiger partial charge in [-0.25, -0.2) is 18.7 Å². The normalized spacial score (nSPS) is 15.9. The summed E-state index contributed by atoms with van der Waals surface area (Å²) in [6.45, 7) is 2.06. The Hall–Kier alpha value is -4.23. The largest absolute Gasteiger partial charge is 0.416 e. The first-order valence-corrected chi connectivity index (χ1v) is 11.7. The van der Waals surface area contributed by atoms with Crippen LogP contribution in [-0.2, 0) is 17.3 Å². The minimum Gasteiger partial charge on any atom is -0.382 e. The van der Waals surface area contributed by atoms with E-state index in [-0.39, 0.29) is 23.3 Å². The molecule has 2 amide bonds. The number of anilines is 3. The van der Waals surface area contributed by atoms with Crippen LogP contribution in [0.3, 0.4) is 0 Å². The third kappa shape index (κ3) is 5.38. The number of carbonyl (C=O) groups excluding carboxylic acids is 1. The van der Waals surface area contributed by atoms with E-state index in [9.17, 15) is 18.0 Å². The number of aromatic nitrogens is 3. The van der Waals surface area contributed by atoms with E-state index >= 15 is 4.39 Å². The lowest BCUT2D eigenvalue weighted by atomic mass is 10.0. The summed E-state index contributed by atoms with van der Waals surface area (Å²) in [5.74, 6) is -0.537. The van der Waals surface area contributed by atoms with Crippen molar-refractivity contribution in [3.05, 3.63) is 71.9 Å². The highest BCUT2D eigenvalue weighted by molar-refractivity contribution is 6.00. The number of hydrogen-bond donors (Lipinski definition) is 4. The maximum atomic E-state index is 15.0. The van der Waals surface area contributed by atoms with Gasteiger partial charge in [0, 0.05) is 36.5 Å². The van der Waals surface area contributed by atoms with Crippen LogP contribution in [0.5, 0.6) is 0 Å². The maximum Gasteiger partial charge on any atom is 0.416 e. The average molecular weight is 529 g/mol. The maximum absolute atomic E-state index is 15.0. The SMILES string of the molecule is Nc1ncnn2c(CC3CNCCO3)cc(-c3ccc(NC(=O)Nc4cccc(C(F)(F)F)c4)c(F)c3)c12. The van der Waals surface area contributed by atoms with Crippen LogP contribution in [0.2, 0.25) is 0 Å². The molecule has 4 aromatic rings. The Bertz CT molecular complexity index is 1480. The molecule has 1 fully saturated rings. The Labute approximate surface area is 214 Å². The first kappa shape index (κ1) is 25.4. The van der Waals surface area contributed by atoms with E-state index in [4.69, 9.17) is 10.5 Å². The number of carbonyl (C=O) groups is 1. The highest BCUT2D eigenvalue weighted by Crippen LogP contribution is 2.33. The van der Waals surface area contributed by atoms with Gasteiger partial charge in [-0.2, -0.15) is 18.3 Å². The van der Waals surface area contributed by atoms with Crippen LogP contribution >= 0.6 is 0 Å². The number of alkyl halides is 3. The number of benzene rings is 2. The summed E-state index contributed by atoms with van der Waals surface area (Å²) >= 11 is 0. The van der Waals surface area contributed by atoms with Crippen molar-refractivity contribution in [1.82, 2.24) is 19.9 Å². The highest BCUT2D eigenvalue weighted by Gasteiger charge is 2.30.